The van der Waals surface area contributed by atoms with E-state index in [0.29, 0.717) is 11.8 Å². The van der Waals surface area contributed by atoms with E-state index in [1.165, 1.54) is 158 Å². The molecule has 8 bridgehead atoms. The van der Waals surface area contributed by atoms with E-state index in [2.05, 4.69) is 352 Å². The molecule has 109 heavy (non-hydrogen) atoms. The van der Waals surface area contributed by atoms with Gasteiger partial charge in [0.25, 0.3) is 0 Å². The first-order chi connectivity index (χ1) is 53.1. The molecule has 10 aliphatic carbocycles. The third kappa shape index (κ3) is 11.5. The summed E-state index contributed by atoms with van der Waals surface area (Å²) in [5.41, 5.74) is 30.3. The molecule has 2 spiro atoms. The lowest BCUT2D eigenvalue weighted by molar-refractivity contribution is -0.0399. The summed E-state index contributed by atoms with van der Waals surface area (Å²) in [6.45, 7) is 14.4. The van der Waals surface area contributed by atoms with Gasteiger partial charge in [0.15, 0.2) is 0 Å². The van der Waals surface area contributed by atoms with Crippen LogP contribution in [0.1, 0.15) is 86.5 Å². The van der Waals surface area contributed by atoms with Crippen molar-refractivity contribution in [3.8, 4) is 77.9 Å². The molecule has 0 N–H and O–H groups in total. The lowest BCUT2D eigenvalue weighted by Gasteiger charge is -2.61. The maximum absolute atomic E-state index is 16.2. The molecule has 8 saturated carbocycles. The molecule has 0 heterocycles. The lowest BCUT2D eigenvalue weighted by Crippen LogP contribution is -2.55. The Morgan fingerprint density at radius 3 is 0.963 bits per heavy atom. The molecule has 13 aromatic carbocycles. The Kier molecular flexibility index (Phi) is 16.6. The highest BCUT2D eigenvalue weighted by Crippen LogP contribution is 2.72. The van der Waals surface area contributed by atoms with Crippen LogP contribution in [-0.2, 0) is 10.8 Å². The molecule has 13 aromatic rings. The Morgan fingerprint density at radius 1 is 0.257 bits per heavy atom. The number of rotatable bonds is 13. The van der Waals surface area contributed by atoms with Crippen LogP contribution in [0.15, 0.2) is 309 Å². The van der Waals surface area contributed by atoms with E-state index in [-0.39, 0.29) is 16.6 Å². The van der Waals surface area contributed by atoms with Crippen LogP contribution < -0.4 is 20.2 Å². The lowest BCUT2D eigenvalue weighted by atomic mass is 9.42. The maximum atomic E-state index is 16.2. The third-order valence-corrected chi connectivity index (χ3v) is 31.9. The molecular weight excluding hydrogens is 1350 g/mol. The zero-order chi connectivity index (χ0) is 73.5. The fourth-order valence-electron chi connectivity index (χ4n) is 23.3. The Morgan fingerprint density at radius 2 is 0.560 bits per heavy atom. The second kappa shape index (κ2) is 26.6. The van der Waals surface area contributed by atoms with Crippen molar-refractivity contribution >= 4 is 60.6 Å². The van der Waals surface area contributed by atoms with Gasteiger partial charge in [0.1, 0.15) is 5.82 Å². The van der Waals surface area contributed by atoms with Crippen molar-refractivity contribution in [2.24, 2.45) is 47.3 Å². The molecule has 0 unspecified atom stereocenters. The minimum absolute atomic E-state index is 0.0691. The van der Waals surface area contributed by atoms with Gasteiger partial charge in [-0.1, -0.05) is 274 Å². The van der Waals surface area contributed by atoms with Gasteiger partial charge in [0.05, 0.1) is 16.1 Å². The minimum atomic E-state index is -1.45. The zero-order valence-electron chi connectivity index (χ0n) is 63.9. The van der Waals surface area contributed by atoms with E-state index in [9.17, 15) is 0 Å². The Balaban J connectivity index is 0.000000144. The fourth-order valence-corrected chi connectivity index (χ4v) is 25.6. The van der Waals surface area contributed by atoms with Gasteiger partial charge in [-0.05, 0) is 291 Å². The maximum Gasteiger partial charge on any atom is 0.131 e. The van der Waals surface area contributed by atoms with E-state index in [4.69, 9.17) is 0 Å². The molecule has 0 amide bonds. The van der Waals surface area contributed by atoms with Crippen LogP contribution in [0.2, 0.25) is 39.3 Å². The fraction of sp³-hybridized carbons (Fsp3) is 0.250. The van der Waals surface area contributed by atoms with E-state index < -0.39 is 16.1 Å². The Labute approximate surface area is 647 Å². The van der Waals surface area contributed by atoms with Gasteiger partial charge in [-0.2, -0.15) is 0 Å². The van der Waals surface area contributed by atoms with Crippen molar-refractivity contribution in [3.05, 3.63) is 337 Å². The molecule has 538 valence electrons. The Hall–Kier alpha value is -10.2. The van der Waals surface area contributed by atoms with Crippen LogP contribution in [0.3, 0.4) is 0 Å². The zero-order valence-corrected chi connectivity index (χ0v) is 65.9. The molecule has 0 aliphatic heterocycles. The van der Waals surface area contributed by atoms with Crippen molar-refractivity contribution in [2.75, 3.05) is 9.80 Å². The smallest absolute Gasteiger partial charge is 0.131 e. The average Bonchev–Trinajstić information content (AvgIpc) is 1.53. The van der Waals surface area contributed by atoms with Gasteiger partial charge in [-0.3, -0.25) is 0 Å². The second-order valence-electron chi connectivity index (χ2n) is 35.8. The molecule has 8 fully saturated rings. The highest BCUT2D eigenvalue weighted by atomic mass is 28.3. The highest BCUT2D eigenvalue weighted by Gasteiger charge is 2.64. The average molecular weight is 1450 g/mol. The minimum Gasteiger partial charge on any atom is -0.311 e. The SMILES string of the molecule is C[Si](C)(C)c1ccc(N(c2ccc(-c3ccccc3)cc2)c2ccc(-c3ccc(-c4ccc5c(c4)-c4ccccc4C54C5CC6CC(C5)CC4C6)cc3)cc2)cc1.C[Si](C)(C)c1ccc(N(c2ccc(-c3ccccc3)cc2)c2ccc(-c3ccc(F)c4c3C3(c5ccccc5-4)C4CC5CC(C4)CC3C5)cc2)cc1. The first-order valence-corrected chi connectivity index (χ1v) is 47.7. The summed E-state index contributed by atoms with van der Waals surface area (Å²) < 4.78 is 16.2. The topological polar surface area (TPSA) is 6.48 Å². The summed E-state index contributed by atoms with van der Waals surface area (Å²) in [6.07, 6.45) is 13.7. The van der Waals surface area contributed by atoms with Crippen molar-refractivity contribution in [1.82, 2.24) is 0 Å². The predicted octanol–water partition coefficient (Wildman–Crippen LogP) is 27.3. The van der Waals surface area contributed by atoms with Gasteiger partial charge in [-0.15, -0.1) is 0 Å². The molecule has 0 aromatic heterocycles. The first kappa shape index (κ1) is 68.1. The van der Waals surface area contributed by atoms with Crippen LogP contribution in [0.5, 0.6) is 0 Å². The highest BCUT2D eigenvalue weighted by molar-refractivity contribution is 6.89. The second-order valence-corrected chi connectivity index (χ2v) is 46.0. The molecule has 0 atom stereocenters. The van der Waals surface area contributed by atoms with Gasteiger partial charge in [-0.25, -0.2) is 4.39 Å². The van der Waals surface area contributed by atoms with Gasteiger partial charge < -0.3 is 9.80 Å². The number of hydrogen-bond donors (Lipinski definition) is 0. The van der Waals surface area contributed by atoms with E-state index >= 15 is 4.39 Å². The van der Waals surface area contributed by atoms with Crippen molar-refractivity contribution in [3.63, 3.8) is 0 Å². The summed E-state index contributed by atoms with van der Waals surface area (Å²) in [4.78, 5) is 4.76. The molecule has 23 rings (SSSR count). The number of halogens is 1. The number of anilines is 6. The summed E-state index contributed by atoms with van der Waals surface area (Å²) >= 11 is 0. The normalized spacial score (nSPS) is 23.3. The first-order valence-electron chi connectivity index (χ1n) is 40.7. The molecule has 0 radical (unpaired) electrons. The van der Waals surface area contributed by atoms with E-state index in [1.54, 1.807) is 17.2 Å². The molecule has 5 heteroatoms. The number of fused-ring (bicyclic) bond motifs is 6. The van der Waals surface area contributed by atoms with E-state index in [1.807, 2.05) is 0 Å². The number of hydrogen-bond acceptors (Lipinski definition) is 2. The Bertz CT molecular complexity index is 5500. The number of benzene rings is 13. The van der Waals surface area contributed by atoms with Crippen molar-refractivity contribution < 1.29 is 4.39 Å². The molecule has 10 aliphatic rings. The summed E-state index contributed by atoms with van der Waals surface area (Å²) in [7, 11) is -2.86. The van der Waals surface area contributed by atoms with Gasteiger partial charge in [0, 0.05) is 50.5 Å². The quantitative estimate of drug-likeness (QED) is 0.106. The van der Waals surface area contributed by atoms with Crippen LogP contribution >= 0.6 is 0 Å². The summed E-state index contributed by atoms with van der Waals surface area (Å²) in [6, 6.07) is 115. The van der Waals surface area contributed by atoms with Crippen molar-refractivity contribution in [2.45, 2.75) is 114 Å². The molecule has 0 saturated heterocycles. The standard InChI is InChI=1S/C55H51NSi.C49H46FNSi/c1-57(2,3)50-28-26-49(27-29-50)56(47-22-17-41(18-23-47)39-9-5-4-6-10-39)48-24-19-42(20-25-48)40-13-15-43(16-14-40)44-21-30-54-52(36-44)51-11-7-8-12-53(51)55(54)45-32-37-31-38(34-45)35-46(55)33-37;1-52(2,3)42-23-21-41(22-24-42)51(39-17-13-35(14-18-39)34-9-5-4-6-10-34)40-19-15-36(16-20-40)43-25-26-46(50)47-44-11-7-8-12-45(44)49(48(43)47)37-28-32-27-33(30-37)31-38(49)29-32/h4-30,36-38,45-46H,31-35H2,1-3H3;4-26,32-33,37-38H,27-31H2,1-3H3. The largest absolute Gasteiger partial charge is 0.311 e. The number of nitrogens with zero attached hydrogens (tertiary/aromatic N) is 2. The van der Waals surface area contributed by atoms with Gasteiger partial charge in [0.2, 0.25) is 0 Å². The monoisotopic (exact) mass is 1450 g/mol. The van der Waals surface area contributed by atoms with Crippen molar-refractivity contribution in [1.29, 1.82) is 0 Å². The van der Waals surface area contributed by atoms with Crippen LogP contribution in [-0.4, -0.2) is 16.1 Å². The predicted molar refractivity (Wildman–Crippen MR) is 462 cm³/mol. The summed E-state index contributed by atoms with van der Waals surface area (Å²) in [5, 5.41) is 2.93. The summed E-state index contributed by atoms with van der Waals surface area (Å²) in [5.74, 6) is 6.31. The molecule has 2 nitrogen and oxygen atoms in total. The van der Waals surface area contributed by atoms with Crippen LogP contribution in [0, 0.1) is 53.2 Å². The molecular formula is C104H97FN2Si2. The third-order valence-electron chi connectivity index (χ3n) is 27.8. The van der Waals surface area contributed by atoms with Crippen LogP contribution in [0.25, 0.3) is 77.9 Å². The van der Waals surface area contributed by atoms with Crippen LogP contribution in [0.4, 0.5) is 38.5 Å². The van der Waals surface area contributed by atoms with Gasteiger partial charge >= 0.3 is 0 Å². The van der Waals surface area contributed by atoms with E-state index in [0.717, 1.165) is 75.1 Å².